The van der Waals surface area contributed by atoms with Crippen molar-refractivity contribution in [2.75, 3.05) is 12.8 Å². The number of aromatic nitrogens is 2. The lowest BCUT2D eigenvalue weighted by molar-refractivity contribution is 0.304. The Morgan fingerprint density at radius 2 is 1.61 bits per heavy atom. The Bertz CT molecular complexity index is 1260. The topological polar surface area (TPSA) is 99.7 Å². The molecule has 1 aromatic heterocycles. The summed E-state index contributed by atoms with van der Waals surface area (Å²) < 4.78 is 16.9. The van der Waals surface area contributed by atoms with Crippen LogP contribution < -0.4 is 19.9 Å². The van der Waals surface area contributed by atoms with Crippen molar-refractivity contribution < 1.29 is 19.3 Å². The maximum absolute atomic E-state index is 10.7. The molecule has 0 unspecified atom stereocenters. The van der Waals surface area contributed by atoms with E-state index in [1.54, 1.807) is 61.7 Å². The number of nitrogens with two attached hydrogens (primary N) is 1. The number of rotatable bonds is 7. The predicted octanol–water partition coefficient (Wildman–Crippen LogP) is 6.12. The number of methoxy groups -OCH3 is 1. The van der Waals surface area contributed by atoms with Crippen LogP contribution in [0.1, 0.15) is 5.56 Å². The zero-order valence-corrected chi connectivity index (χ0v) is 19.0. The predicted molar refractivity (Wildman–Crippen MR) is 127 cm³/mol. The number of aromatic hydroxyl groups is 1. The molecule has 0 spiro atoms. The van der Waals surface area contributed by atoms with Crippen molar-refractivity contribution in [3.8, 4) is 40.0 Å². The van der Waals surface area contributed by atoms with Gasteiger partial charge >= 0.3 is 0 Å². The van der Waals surface area contributed by atoms with E-state index in [-0.39, 0.29) is 18.3 Å². The maximum atomic E-state index is 10.7. The van der Waals surface area contributed by atoms with E-state index in [1.165, 1.54) is 12.3 Å². The SMILES string of the molecule is COc1ccc(Oc2cnc(N)nc2-c2ccc(OCc3c(Cl)cccc3Cl)cc2O)cc1. The van der Waals surface area contributed by atoms with Crippen molar-refractivity contribution in [2.45, 2.75) is 6.61 Å². The molecule has 1 heterocycles. The fourth-order valence-electron chi connectivity index (χ4n) is 3.05. The first kappa shape index (κ1) is 22.5. The van der Waals surface area contributed by atoms with E-state index < -0.39 is 0 Å². The first-order chi connectivity index (χ1) is 15.9. The number of ether oxygens (including phenoxy) is 3. The molecule has 0 saturated heterocycles. The lowest BCUT2D eigenvalue weighted by Gasteiger charge is -2.14. The van der Waals surface area contributed by atoms with Crippen LogP contribution in [-0.2, 0) is 6.61 Å². The molecule has 0 radical (unpaired) electrons. The number of phenols is 1. The summed E-state index contributed by atoms with van der Waals surface area (Å²) in [6, 6.07) is 17.1. The molecule has 0 atom stereocenters. The third kappa shape index (κ3) is 5.22. The molecule has 7 nitrogen and oxygen atoms in total. The molecule has 0 aliphatic heterocycles. The van der Waals surface area contributed by atoms with Crippen LogP contribution in [0.15, 0.2) is 66.9 Å². The van der Waals surface area contributed by atoms with E-state index in [0.29, 0.717) is 49.9 Å². The summed E-state index contributed by atoms with van der Waals surface area (Å²) in [6.45, 7) is 0.142. The van der Waals surface area contributed by atoms with Gasteiger partial charge in [0.15, 0.2) is 5.75 Å². The molecular formula is C24H19Cl2N3O4. The summed E-state index contributed by atoms with van der Waals surface area (Å²) in [5.41, 5.74) is 7.18. The van der Waals surface area contributed by atoms with Crippen LogP contribution in [0.25, 0.3) is 11.3 Å². The van der Waals surface area contributed by atoms with Crippen LogP contribution >= 0.6 is 23.2 Å². The fourth-order valence-corrected chi connectivity index (χ4v) is 3.56. The second-order valence-electron chi connectivity index (χ2n) is 6.89. The standard InChI is InChI=1S/C24H19Cl2N3O4/c1-31-14-5-7-15(8-6-14)33-22-12-28-24(27)29-23(22)17-10-9-16(11-21(17)30)32-13-18-19(25)3-2-4-20(18)26/h2-12,30H,13H2,1H3,(H2,27,28,29). The van der Waals surface area contributed by atoms with E-state index in [1.807, 2.05) is 0 Å². The van der Waals surface area contributed by atoms with Gasteiger partial charge < -0.3 is 25.1 Å². The van der Waals surface area contributed by atoms with Crippen LogP contribution in [0.3, 0.4) is 0 Å². The Balaban J connectivity index is 1.59. The molecule has 3 N–H and O–H groups in total. The van der Waals surface area contributed by atoms with Crippen molar-refractivity contribution in [1.29, 1.82) is 0 Å². The lowest BCUT2D eigenvalue weighted by Crippen LogP contribution is -2.00. The number of halogens is 2. The highest BCUT2D eigenvalue weighted by molar-refractivity contribution is 6.35. The number of nitrogen functional groups attached to an aromatic ring is 1. The summed E-state index contributed by atoms with van der Waals surface area (Å²) in [4.78, 5) is 8.27. The second-order valence-corrected chi connectivity index (χ2v) is 7.70. The lowest BCUT2D eigenvalue weighted by atomic mass is 10.1. The van der Waals surface area contributed by atoms with E-state index in [4.69, 9.17) is 43.1 Å². The van der Waals surface area contributed by atoms with Crippen LogP contribution in [0.5, 0.6) is 28.7 Å². The fraction of sp³-hybridized carbons (Fsp3) is 0.0833. The normalized spacial score (nSPS) is 10.6. The molecule has 3 aromatic carbocycles. The summed E-state index contributed by atoms with van der Waals surface area (Å²) in [5.74, 6) is 1.95. The van der Waals surface area contributed by atoms with Gasteiger partial charge in [-0.3, -0.25) is 0 Å². The van der Waals surface area contributed by atoms with Crippen LogP contribution in [0, 0.1) is 0 Å². The summed E-state index contributed by atoms with van der Waals surface area (Å²) in [5, 5.41) is 11.7. The van der Waals surface area contributed by atoms with Crippen molar-refractivity contribution in [2.24, 2.45) is 0 Å². The largest absolute Gasteiger partial charge is 0.507 e. The number of benzene rings is 3. The van der Waals surface area contributed by atoms with Crippen LogP contribution in [0.2, 0.25) is 10.0 Å². The molecule has 4 rings (SSSR count). The van der Waals surface area contributed by atoms with Gasteiger partial charge in [-0.2, -0.15) is 0 Å². The monoisotopic (exact) mass is 483 g/mol. The molecule has 33 heavy (non-hydrogen) atoms. The molecule has 0 fully saturated rings. The van der Waals surface area contributed by atoms with Crippen molar-refractivity contribution >= 4 is 29.2 Å². The number of phenolic OH excluding ortho intramolecular Hbond substituents is 1. The smallest absolute Gasteiger partial charge is 0.220 e. The number of nitrogens with zero attached hydrogens (tertiary/aromatic N) is 2. The average Bonchev–Trinajstić information content (AvgIpc) is 2.80. The van der Waals surface area contributed by atoms with Crippen molar-refractivity contribution in [3.63, 3.8) is 0 Å². The zero-order chi connectivity index (χ0) is 23.4. The van der Waals surface area contributed by atoms with Gasteiger partial charge in [-0.05, 0) is 48.5 Å². The van der Waals surface area contributed by atoms with Crippen LogP contribution in [-0.4, -0.2) is 22.2 Å². The summed E-state index contributed by atoms with van der Waals surface area (Å²) >= 11 is 12.4. The Hall–Kier alpha value is -3.68. The highest BCUT2D eigenvalue weighted by Crippen LogP contribution is 2.38. The number of hydrogen-bond acceptors (Lipinski definition) is 7. The minimum Gasteiger partial charge on any atom is -0.507 e. The van der Waals surface area contributed by atoms with Crippen molar-refractivity contribution in [1.82, 2.24) is 9.97 Å². The van der Waals surface area contributed by atoms with E-state index in [2.05, 4.69) is 9.97 Å². The first-order valence-electron chi connectivity index (χ1n) is 9.78. The highest BCUT2D eigenvalue weighted by Gasteiger charge is 2.16. The minimum atomic E-state index is -0.0737. The highest BCUT2D eigenvalue weighted by atomic mass is 35.5. The first-order valence-corrected chi connectivity index (χ1v) is 10.5. The van der Waals surface area contributed by atoms with Crippen molar-refractivity contribution in [3.05, 3.63) is 82.5 Å². The number of hydrogen-bond donors (Lipinski definition) is 2. The third-order valence-electron chi connectivity index (χ3n) is 4.73. The quantitative estimate of drug-likeness (QED) is 0.326. The van der Waals surface area contributed by atoms with Gasteiger partial charge in [-0.25, -0.2) is 9.97 Å². The molecule has 0 bridgehead atoms. The molecule has 168 valence electrons. The Morgan fingerprint density at radius 1 is 0.939 bits per heavy atom. The van der Waals surface area contributed by atoms with Gasteiger partial charge in [0.05, 0.1) is 13.3 Å². The van der Waals surface area contributed by atoms with Gasteiger partial charge in [-0.1, -0.05) is 29.3 Å². The molecule has 0 amide bonds. The second kappa shape index (κ2) is 9.85. The number of anilines is 1. The summed E-state index contributed by atoms with van der Waals surface area (Å²) in [7, 11) is 1.58. The van der Waals surface area contributed by atoms with Gasteiger partial charge in [0.1, 0.15) is 35.3 Å². The Morgan fingerprint density at radius 3 is 2.27 bits per heavy atom. The van der Waals surface area contributed by atoms with E-state index in [9.17, 15) is 5.11 Å². The average molecular weight is 484 g/mol. The van der Waals surface area contributed by atoms with E-state index in [0.717, 1.165) is 0 Å². The van der Waals surface area contributed by atoms with Gasteiger partial charge in [0.25, 0.3) is 0 Å². The molecule has 4 aromatic rings. The zero-order valence-electron chi connectivity index (χ0n) is 17.5. The molecule has 0 saturated carbocycles. The third-order valence-corrected chi connectivity index (χ3v) is 5.44. The molecule has 9 heteroatoms. The van der Waals surface area contributed by atoms with Gasteiger partial charge in [0, 0.05) is 27.2 Å². The Kier molecular flexibility index (Phi) is 6.72. The minimum absolute atomic E-state index is 0.0418. The van der Waals surface area contributed by atoms with Crippen LogP contribution in [0.4, 0.5) is 5.95 Å². The molecule has 0 aliphatic carbocycles. The van der Waals surface area contributed by atoms with E-state index >= 15 is 0 Å². The molecule has 0 aliphatic rings. The maximum Gasteiger partial charge on any atom is 0.220 e. The summed E-state index contributed by atoms with van der Waals surface area (Å²) in [6.07, 6.45) is 1.45. The Labute approximate surface area is 200 Å². The van der Waals surface area contributed by atoms with Gasteiger partial charge in [-0.15, -0.1) is 0 Å². The van der Waals surface area contributed by atoms with Gasteiger partial charge in [0.2, 0.25) is 5.95 Å². The molecular weight excluding hydrogens is 465 g/mol.